The van der Waals surface area contributed by atoms with Gasteiger partial charge in [0.15, 0.2) is 0 Å². The van der Waals surface area contributed by atoms with Gasteiger partial charge in [0.05, 0.1) is 25.7 Å². The zero-order valence-corrected chi connectivity index (χ0v) is 19.5. The van der Waals surface area contributed by atoms with E-state index in [1.165, 1.54) is 25.3 Å². The van der Waals surface area contributed by atoms with Crippen molar-refractivity contribution in [1.82, 2.24) is 5.32 Å². The van der Waals surface area contributed by atoms with Crippen molar-refractivity contribution in [3.8, 4) is 5.75 Å². The first-order valence-electron chi connectivity index (χ1n) is 11.7. The van der Waals surface area contributed by atoms with E-state index in [2.05, 4.69) is 22.3 Å². The third kappa shape index (κ3) is 6.71. The third-order valence-corrected chi connectivity index (χ3v) is 5.77. The molecule has 33 heavy (non-hydrogen) atoms. The van der Waals surface area contributed by atoms with Crippen molar-refractivity contribution in [3.63, 3.8) is 0 Å². The van der Waals surface area contributed by atoms with Crippen LogP contribution in [0.1, 0.15) is 60.6 Å². The highest BCUT2D eigenvalue weighted by Crippen LogP contribution is 2.29. The number of hydrogen-bond acceptors (Lipinski definition) is 5. The number of carbonyl (C=O) groups is 2. The van der Waals surface area contributed by atoms with Crippen LogP contribution >= 0.6 is 0 Å². The number of carboxylic acid groups (broad SMARTS) is 1. The van der Waals surface area contributed by atoms with Gasteiger partial charge < -0.3 is 24.8 Å². The Morgan fingerprint density at radius 3 is 2.52 bits per heavy atom. The number of benzene rings is 2. The Balaban J connectivity index is 1.78. The number of piperidine rings is 1. The maximum Gasteiger partial charge on any atom is 0.339 e. The van der Waals surface area contributed by atoms with Gasteiger partial charge in [-0.05, 0) is 56.9 Å². The highest BCUT2D eigenvalue weighted by molar-refractivity contribution is 5.91. The second kappa shape index (κ2) is 12.3. The van der Waals surface area contributed by atoms with Crippen LogP contribution in [0.25, 0.3) is 0 Å². The van der Waals surface area contributed by atoms with Crippen LogP contribution in [0.15, 0.2) is 42.5 Å². The lowest BCUT2D eigenvalue weighted by molar-refractivity contribution is -0.121. The largest absolute Gasteiger partial charge is 0.493 e. The highest BCUT2D eigenvalue weighted by Gasteiger charge is 2.22. The maximum atomic E-state index is 13.0. The van der Waals surface area contributed by atoms with Crippen LogP contribution in [-0.2, 0) is 16.0 Å². The van der Waals surface area contributed by atoms with Gasteiger partial charge in [-0.2, -0.15) is 0 Å². The number of amides is 1. The number of anilines is 1. The second-order valence-electron chi connectivity index (χ2n) is 8.13. The van der Waals surface area contributed by atoms with E-state index >= 15 is 0 Å². The molecule has 3 rings (SSSR count). The summed E-state index contributed by atoms with van der Waals surface area (Å²) in [6.07, 6.45) is 3.72. The van der Waals surface area contributed by atoms with Crippen molar-refractivity contribution in [1.29, 1.82) is 0 Å². The molecule has 1 atom stereocenters. The summed E-state index contributed by atoms with van der Waals surface area (Å²) in [7, 11) is 0. The molecule has 178 valence electrons. The molecule has 1 unspecified atom stereocenters. The monoisotopic (exact) mass is 454 g/mol. The molecule has 0 spiro atoms. The summed E-state index contributed by atoms with van der Waals surface area (Å²) in [5, 5.41) is 12.5. The summed E-state index contributed by atoms with van der Waals surface area (Å²) in [6, 6.07) is 12.7. The van der Waals surface area contributed by atoms with Gasteiger partial charge in [-0.15, -0.1) is 0 Å². The van der Waals surface area contributed by atoms with E-state index < -0.39 is 5.97 Å². The molecule has 0 radical (unpaired) electrons. The van der Waals surface area contributed by atoms with E-state index in [1.807, 2.05) is 19.1 Å². The van der Waals surface area contributed by atoms with Crippen molar-refractivity contribution in [2.24, 2.45) is 0 Å². The van der Waals surface area contributed by atoms with Crippen LogP contribution < -0.4 is 15.0 Å². The quantitative estimate of drug-likeness (QED) is 0.529. The lowest BCUT2D eigenvalue weighted by atomic mass is 10.0. The minimum absolute atomic E-state index is 0.0886. The maximum absolute atomic E-state index is 13.0. The molecule has 1 heterocycles. The normalized spacial score (nSPS) is 14.5. The molecule has 7 heteroatoms. The van der Waals surface area contributed by atoms with Crippen molar-refractivity contribution in [2.45, 2.75) is 45.6 Å². The zero-order valence-electron chi connectivity index (χ0n) is 19.5. The number of aromatic carboxylic acids is 1. The number of hydrogen-bond donors (Lipinski definition) is 2. The number of carboxylic acids is 1. The minimum Gasteiger partial charge on any atom is -0.493 e. The van der Waals surface area contributed by atoms with E-state index in [1.54, 1.807) is 19.1 Å². The minimum atomic E-state index is -1.06. The second-order valence-corrected chi connectivity index (χ2v) is 8.13. The number of ether oxygens (including phenoxy) is 2. The van der Waals surface area contributed by atoms with E-state index in [4.69, 9.17) is 9.47 Å². The summed E-state index contributed by atoms with van der Waals surface area (Å²) in [5.41, 5.74) is 2.98. The summed E-state index contributed by atoms with van der Waals surface area (Å²) in [5.74, 6) is -0.934. The van der Waals surface area contributed by atoms with Gasteiger partial charge in [0.25, 0.3) is 0 Å². The first kappa shape index (κ1) is 24.6. The third-order valence-electron chi connectivity index (χ3n) is 5.77. The molecule has 1 aliphatic heterocycles. The highest BCUT2D eigenvalue weighted by atomic mass is 16.5. The Bertz CT molecular complexity index is 940. The fraction of sp³-hybridized carbons (Fsp3) is 0.462. The molecule has 1 saturated heterocycles. The van der Waals surface area contributed by atoms with Crippen molar-refractivity contribution in [2.75, 3.05) is 37.8 Å². The molecule has 1 amide bonds. The fourth-order valence-electron chi connectivity index (χ4n) is 4.21. The summed E-state index contributed by atoms with van der Waals surface area (Å²) >= 11 is 0. The summed E-state index contributed by atoms with van der Waals surface area (Å²) < 4.78 is 11.2. The van der Waals surface area contributed by atoms with Gasteiger partial charge in [0, 0.05) is 30.9 Å². The fourth-order valence-corrected chi connectivity index (χ4v) is 4.21. The molecule has 2 aromatic rings. The molecular formula is C26H34N2O5. The molecule has 1 aliphatic rings. The average molecular weight is 455 g/mol. The SMILES string of the molecule is CCOCC(NC(=O)Cc1ccc(C(=O)O)c(OCC)c1)c1ccccc1N1CCCCC1. The Morgan fingerprint density at radius 2 is 1.82 bits per heavy atom. The molecule has 0 aromatic heterocycles. The van der Waals surface area contributed by atoms with Crippen LogP contribution in [0.2, 0.25) is 0 Å². The number of para-hydroxylation sites is 1. The predicted molar refractivity (Wildman–Crippen MR) is 128 cm³/mol. The van der Waals surface area contributed by atoms with Crippen LogP contribution in [0, 0.1) is 0 Å². The van der Waals surface area contributed by atoms with E-state index in [9.17, 15) is 14.7 Å². The molecule has 0 aliphatic carbocycles. The Labute approximate surface area is 195 Å². The van der Waals surface area contributed by atoms with Crippen LogP contribution in [0.4, 0.5) is 5.69 Å². The van der Waals surface area contributed by atoms with Gasteiger partial charge in [0.1, 0.15) is 11.3 Å². The molecule has 0 bridgehead atoms. The van der Waals surface area contributed by atoms with E-state index in [0.717, 1.165) is 24.3 Å². The van der Waals surface area contributed by atoms with Gasteiger partial charge in [-0.3, -0.25) is 4.79 Å². The van der Waals surface area contributed by atoms with E-state index in [-0.39, 0.29) is 29.7 Å². The van der Waals surface area contributed by atoms with Crippen molar-refractivity contribution < 1.29 is 24.2 Å². The number of rotatable bonds is 11. The molecular weight excluding hydrogens is 420 g/mol. The summed E-state index contributed by atoms with van der Waals surface area (Å²) in [6.45, 7) is 7.06. The van der Waals surface area contributed by atoms with Gasteiger partial charge in [0.2, 0.25) is 5.91 Å². The Morgan fingerprint density at radius 1 is 1.06 bits per heavy atom. The van der Waals surface area contributed by atoms with Crippen molar-refractivity contribution in [3.05, 3.63) is 59.2 Å². The van der Waals surface area contributed by atoms with Crippen LogP contribution in [0.5, 0.6) is 5.75 Å². The first-order valence-corrected chi connectivity index (χ1v) is 11.7. The lowest BCUT2D eigenvalue weighted by Crippen LogP contribution is -2.35. The predicted octanol–water partition coefficient (Wildman–Crippen LogP) is 4.21. The molecule has 2 aromatic carbocycles. The summed E-state index contributed by atoms with van der Waals surface area (Å²) in [4.78, 5) is 26.8. The average Bonchev–Trinajstić information content (AvgIpc) is 2.82. The zero-order chi connectivity index (χ0) is 23.6. The Kier molecular flexibility index (Phi) is 9.13. The number of nitrogens with one attached hydrogen (secondary N) is 1. The molecule has 2 N–H and O–H groups in total. The lowest BCUT2D eigenvalue weighted by Gasteiger charge is -2.32. The van der Waals surface area contributed by atoms with Crippen molar-refractivity contribution >= 4 is 17.6 Å². The number of nitrogens with zero attached hydrogens (tertiary/aromatic N) is 1. The first-order chi connectivity index (χ1) is 16.0. The standard InChI is InChI=1S/C26H34N2O5/c1-3-32-18-22(20-10-6-7-11-23(20)28-14-8-5-9-15-28)27-25(29)17-19-12-13-21(26(30)31)24(16-19)33-4-2/h6-7,10-13,16,22H,3-5,8-9,14-15,17-18H2,1-2H3,(H,27,29)(H,30,31). The van der Waals surface area contributed by atoms with Crippen LogP contribution in [0.3, 0.4) is 0 Å². The Hall–Kier alpha value is -3.06. The number of carbonyl (C=O) groups excluding carboxylic acids is 1. The van der Waals surface area contributed by atoms with Gasteiger partial charge in [-0.25, -0.2) is 4.79 Å². The molecule has 0 saturated carbocycles. The van der Waals surface area contributed by atoms with Crippen LogP contribution in [-0.4, -0.2) is 49.9 Å². The van der Waals surface area contributed by atoms with Gasteiger partial charge in [-0.1, -0.05) is 24.3 Å². The topological polar surface area (TPSA) is 88.1 Å². The molecule has 7 nitrogen and oxygen atoms in total. The molecule has 1 fully saturated rings. The van der Waals surface area contributed by atoms with Gasteiger partial charge >= 0.3 is 5.97 Å². The van der Waals surface area contributed by atoms with E-state index in [0.29, 0.717) is 25.4 Å². The smallest absolute Gasteiger partial charge is 0.339 e.